The number of hydrazone groups is 1. The van der Waals surface area contributed by atoms with Crippen molar-refractivity contribution in [2.75, 3.05) is 14.2 Å². The largest absolute Gasteiger partial charge is 0.495 e. The van der Waals surface area contributed by atoms with Crippen LogP contribution in [0.5, 0.6) is 5.75 Å². The Kier molecular flexibility index (Phi) is 5.62. The highest BCUT2D eigenvalue weighted by Crippen LogP contribution is 2.27. The van der Waals surface area contributed by atoms with Crippen LogP contribution in [0, 0.1) is 12.9 Å². The first-order chi connectivity index (χ1) is 15.3. The fourth-order valence-corrected chi connectivity index (χ4v) is 4.38. The van der Waals surface area contributed by atoms with E-state index in [2.05, 4.69) is 15.1 Å². The molecule has 3 heterocycles. The Labute approximate surface area is 184 Å². The second-order valence-electron chi connectivity index (χ2n) is 7.01. The lowest BCUT2D eigenvalue weighted by Crippen LogP contribution is -2.22. The summed E-state index contributed by atoms with van der Waals surface area (Å²) >= 11 is 0. The minimum Gasteiger partial charge on any atom is -0.495 e. The molecule has 0 spiro atoms. The lowest BCUT2D eigenvalue weighted by molar-refractivity contribution is 0.399. The maximum Gasteiger partial charge on any atom is 0.282 e. The van der Waals surface area contributed by atoms with Crippen molar-refractivity contribution in [3.05, 3.63) is 78.3 Å². The van der Waals surface area contributed by atoms with Crippen LogP contribution in [0.4, 0.5) is 4.39 Å². The number of hydrogen-bond acceptors (Lipinski definition) is 6. The van der Waals surface area contributed by atoms with Gasteiger partial charge in [0.25, 0.3) is 10.0 Å². The lowest BCUT2D eigenvalue weighted by atomic mass is 10.1. The number of halogens is 1. The third-order valence-electron chi connectivity index (χ3n) is 4.90. The molecule has 0 bridgehead atoms. The van der Waals surface area contributed by atoms with Gasteiger partial charge in [0.1, 0.15) is 16.3 Å². The smallest absolute Gasteiger partial charge is 0.282 e. The highest BCUT2D eigenvalue weighted by Gasteiger charge is 2.24. The van der Waals surface area contributed by atoms with Crippen LogP contribution in [0.2, 0.25) is 0 Å². The van der Waals surface area contributed by atoms with Gasteiger partial charge in [0.15, 0.2) is 0 Å². The quantitative estimate of drug-likeness (QED) is 0.253. The van der Waals surface area contributed by atoms with E-state index in [0.29, 0.717) is 22.5 Å². The van der Waals surface area contributed by atoms with Gasteiger partial charge in [0, 0.05) is 30.6 Å². The normalized spacial score (nSPS) is 11.9. The van der Waals surface area contributed by atoms with Crippen LogP contribution in [0.3, 0.4) is 0 Å². The van der Waals surface area contributed by atoms with Gasteiger partial charge in [-0.2, -0.15) is 22.3 Å². The van der Waals surface area contributed by atoms with Crippen LogP contribution in [0.15, 0.2) is 71.1 Å². The zero-order valence-electron chi connectivity index (χ0n) is 17.6. The Morgan fingerprint density at radius 2 is 2.00 bits per heavy atom. The van der Waals surface area contributed by atoms with E-state index in [9.17, 15) is 12.8 Å². The molecule has 4 aromatic rings. The first-order valence-corrected chi connectivity index (χ1v) is 11.0. The molecule has 3 aromatic heterocycles. The van der Waals surface area contributed by atoms with Crippen molar-refractivity contribution in [1.29, 1.82) is 0 Å². The number of aryl methyl sites for hydroxylation is 1. The van der Waals surface area contributed by atoms with Gasteiger partial charge in [0.05, 0.1) is 25.2 Å². The predicted octanol–water partition coefficient (Wildman–Crippen LogP) is 3.51. The van der Waals surface area contributed by atoms with Crippen molar-refractivity contribution >= 4 is 21.9 Å². The second kappa shape index (κ2) is 8.39. The summed E-state index contributed by atoms with van der Waals surface area (Å²) in [6.07, 6.45) is 6.01. The highest BCUT2D eigenvalue weighted by molar-refractivity contribution is 7.89. The maximum atomic E-state index is 14.1. The molecule has 0 amide bonds. The number of ether oxygens (including phenoxy) is 1. The van der Waals surface area contributed by atoms with Crippen LogP contribution in [-0.4, -0.2) is 47.6 Å². The summed E-state index contributed by atoms with van der Waals surface area (Å²) in [5, 5.41) is 4.11. The van der Waals surface area contributed by atoms with E-state index in [1.54, 1.807) is 60.1 Å². The Hall–Kier alpha value is -3.79. The van der Waals surface area contributed by atoms with Gasteiger partial charge in [-0.05, 0) is 48.9 Å². The topological polar surface area (TPSA) is 89.2 Å². The first-order valence-electron chi connectivity index (χ1n) is 9.57. The third kappa shape index (κ3) is 3.92. The molecule has 8 nitrogen and oxygen atoms in total. The zero-order valence-corrected chi connectivity index (χ0v) is 18.4. The van der Waals surface area contributed by atoms with Gasteiger partial charge in [-0.1, -0.05) is 6.07 Å². The number of aromatic nitrogens is 3. The monoisotopic (exact) mass is 453 g/mol. The van der Waals surface area contributed by atoms with Crippen LogP contribution in [0.25, 0.3) is 16.8 Å². The van der Waals surface area contributed by atoms with E-state index in [-0.39, 0.29) is 10.6 Å². The highest BCUT2D eigenvalue weighted by atomic mass is 32.2. The Bertz CT molecular complexity index is 1430. The number of pyridine rings is 2. The molecule has 0 radical (unpaired) electrons. The van der Waals surface area contributed by atoms with Gasteiger partial charge in [-0.15, -0.1) is 0 Å². The molecule has 0 unspecified atom stereocenters. The molecule has 0 saturated heterocycles. The fraction of sp³-hybridized carbons (Fsp3) is 0.136. The van der Waals surface area contributed by atoms with E-state index in [4.69, 9.17) is 4.74 Å². The number of imidazole rings is 1. The van der Waals surface area contributed by atoms with Crippen molar-refractivity contribution in [2.45, 2.75) is 11.8 Å². The molecule has 4 rings (SSSR count). The molecular weight excluding hydrogens is 433 g/mol. The van der Waals surface area contributed by atoms with Crippen molar-refractivity contribution in [3.8, 4) is 16.9 Å². The molecule has 32 heavy (non-hydrogen) atoms. The summed E-state index contributed by atoms with van der Waals surface area (Å²) in [5.74, 6) is -0.351. The van der Waals surface area contributed by atoms with E-state index < -0.39 is 16.0 Å². The molecule has 0 saturated carbocycles. The van der Waals surface area contributed by atoms with Gasteiger partial charge in [-0.3, -0.25) is 4.40 Å². The third-order valence-corrected chi connectivity index (χ3v) is 6.57. The standard InChI is InChI=1S/C22H20FN5O3S/c1-15-6-8-19(31-3)20(11-15)32(29,30)27(2)26-13-17-12-25-21-9-7-16(14-28(17)21)18-5-4-10-24-22(18)23/h4-14H,1-3H3/b26-13+. The van der Waals surface area contributed by atoms with Crippen molar-refractivity contribution < 1.29 is 17.5 Å². The summed E-state index contributed by atoms with van der Waals surface area (Å²) in [5.41, 5.74) is 2.84. The minimum atomic E-state index is -3.94. The summed E-state index contributed by atoms with van der Waals surface area (Å²) in [6, 6.07) is 11.7. The van der Waals surface area contributed by atoms with Crippen LogP contribution in [0.1, 0.15) is 11.3 Å². The van der Waals surface area contributed by atoms with Crippen molar-refractivity contribution in [3.63, 3.8) is 0 Å². The summed E-state index contributed by atoms with van der Waals surface area (Å²) in [7, 11) is -1.19. The maximum absolute atomic E-state index is 14.1. The van der Waals surface area contributed by atoms with Gasteiger partial charge < -0.3 is 4.74 Å². The molecule has 0 N–H and O–H groups in total. The Morgan fingerprint density at radius 3 is 2.75 bits per heavy atom. The molecule has 0 aliphatic rings. The lowest BCUT2D eigenvalue weighted by Gasteiger charge is -2.16. The van der Waals surface area contributed by atoms with Gasteiger partial charge in [-0.25, -0.2) is 9.97 Å². The zero-order chi connectivity index (χ0) is 22.9. The summed E-state index contributed by atoms with van der Waals surface area (Å²) in [6.45, 7) is 1.79. The molecule has 0 atom stereocenters. The predicted molar refractivity (Wildman–Crippen MR) is 119 cm³/mol. The second-order valence-corrected chi connectivity index (χ2v) is 8.93. The number of methoxy groups -OCH3 is 1. The van der Waals surface area contributed by atoms with Gasteiger partial charge in [0.2, 0.25) is 5.95 Å². The average molecular weight is 453 g/mol. The van der Waals surface area contributed by atoms with E-state index >= 15 is 0 Å². The number of fused-ring (bicyclic) bond motifs is 1. The number of rotatable bonds is 6. The number of sulfonamides is 1. The van der Waals surface area contributed by atoms with E-state index in [0.717, 1.165) is 9.98 Å². The molecule has 0 aliphatic heterocycles. The number of hydrogen-bond donors (Lipinski definition) is 0. The Morgan fingerprint density at radius 1 is 1.19 bits per heavy atom. The fourth-order valence-electron chi connectivity index (χ4n) is 3.19. The molecule has 0 fully saturated rings. The van der Waals surface area contributed by atoms with Gasteiger partial charge >= 0.3 is 0 Å². The number of nitrogens with zero attached hydrogens (tertiary/aromatic N) is 5. The molecule has 164 valence electrons. The molecule has 1 aromatic carbocycles. The van der Waals surface area contributed by atoms with Crippen LogP contribution in [-0.2, 0) is 10.0 Å². The molecule has 10 heteroatoms. The Balaban J connectivity index is 1.69. The van der Waals surface area contributed by atoms with Crippen LogP contribution < -0.4 is 4.74 Å². The number of benzene rings is 1. The molecular formula is C22H20FN5O3S. The molecule has 0 aliphatic carbocycles. The minimum absolute atomic E-state index is 0.0205. The van der Waals surface area contributed by atoms with E-state index in [1.165, 1.54) is 32.6 Å². The average Bonchev–Trinajstić information content (AvgIpc) is 3.19. The van der Waals surface area contributed by atoms with E-state index in [1.807, 2.05) is 0 Å². The summed E-state index contributed by atoms with van der Waals surface area (Å²) < 4.78 is 47.9. The summed E-state index contributed by atoms with van der Waals surface area (Å²) in [4.78, 5) is 7.99. The SMILES string of the molecule is COc1ccc(C)cc1S(=O)(=O)N(C)/N=C/c1cnc2ccc(-c3cccnc3F)cn12. The van der Waals surface area contributed by atoms with Crippen LogP contribution >= 0.6 is 0 Å². The van der Waals surface area contributed by atoms with Crippen molar-refractivity contribution in [1.82, 2.24) is 18.8 Å². The van der Waals surface area contributed by atoms with Crippen molar-refractivity contribution in [2.24, 2.45) is 5.10 Å². The first kappa shape index (κ1) is 21.4.